The van der Waals surface area contributed by atoms with Crippen LogP contribution in [0.25, 0.3) is 11.1 Å². The molecule has 0 radical (unpaired) electrons. The zero-order valence-corrected chi connectivity index (χ0v) is 19.5. The largest absolute Gasteiger partial charge is 0.481 e. The first-order valence-corrected chi connectivity index (χ1v) is 12.0. The molecule has 3 N–H and O–H groups in total. The van der Waals surface area contributed by atoms with Gasteiger partial charge >= 0.3 is 12.1 Å². The molecule has 0 spiro atoms. The van der Waals surface area contributed by atoms with E-state index in [4.69, 9.17) is 4.74 Å². The van der Waals surface area contributed by atoms with Gasteiger partial charge in [0.15, 0.2) is 0 Å². The van der Waals surface area contributed by atoms with Gasteiger partial charge in [0.05, 0.1) is 5.92 Å². The van der Waals surface area contributed by atoms with Crippen molar-refractivity contribution < 1.29 is 24.2 Å². The Morgan fingerprint density at radius 1 is 1.03 bits per heavy atom. The summed E-state index contributed by atoms with van der Waals surface area (Å²) < 4.78 is 5.54. The minimum absolute atomic E-state index is 0.00599. The number of carbonyl (C=O) groups excluding carboxylic acids is 2. The van der Waals surface area contributed by atoms with E-state index in [1.54, 1.807) is 0 Å². The molecular formula is C27H32N2O5. The van der Waals surface area contributed by atoms with E-state index in [1.165, 1.54) is 11.1 Å². The lowest BCUT2D eigenvalue weighted by Gasteiger charge is -2.27. The standard InChI is InChI=1S/C27H32N2O5/c1-17(13-25(30)29-19-8-6-7-18(14-19)26(31)32)15-28-27(33)34-16-24-22-11-4-2-9-20(22)21-10-3-5-12-23(21)24/h2-5,9-12,17-19,24H,6-8,13-16H2,1H3,(H,28,33)(H,29,30)(H,31,32)/t17?,18-,19+/m0/s1. The summed E-state index contributed by atoms with van der Waals surface area (Å²) in [5.74, 6) is -1.35. The third-order valence-electron chi connectivity index (χ3n) is 6.86. The summed E-state index contributed by atoms with van der Waals surface area (Å²) in [7, 11) is 0. The molecule has 2 aromatic carbocycles. The molecule has 7 nitrogen and oxygen atoms in total. The molecule has 3 atom stereocenters. The Balaban J connectivity index is 1.21. The maximum atomic E-state index is 12.4. The van der Waals surface area contributed by atoms with Crippen molar-refractivity contribution >= 4 is 18.0 Å². The maximum Gasteiger partial charge on any atom is 0.407 e. The maximum absolute atomic E-state index is 12.4. The number of carbonyl (C=O) groups is 3. The average molecular weight is 465 g/mol. The quantitative estimate of drug-likeness (QED) is 0.540. The zero-order valence-electron chi connectivity index (χ0n) is 19.5. The van der Waals surface area contributed by atoms with Gasteiger partial charge in [-0.15, -0.1) is 0 Å². The number of rotatable bonds is 8. The Morgan fingerprint density at radius 2 is 1.68 bits per heavy atom. The van der Waals surface area contributed by atoms with Gasteiger partial charge in [0.2, 0.25) is 5.91 Å². The van der Waals surface area contributed by atoms with Crippen LogP contribution in [0.3, 0.4) is 0 Å². The summed E-state index contributed by atoms with van der Waals surface area (Å²) in [4.78, 5) is 35.9. The first kappa shape index (κ1) is 23.8. The fraction of sp³-hybridized carbons (Fsp3) is 0.444. The number of hydrogen-bond donors (Lipinski definition) is 3. The first-order chi connectivity index (χ1) is 16.4. The number of alkyl carbamates (subject to hydrolysis) is 1. The highest BCUT2D eigenvalue weighted by Gasteiger charge is 2.30. The molecule has 2 aromatic rings. The zero-order chi connectivity index (χ0) is 24.1. The molecule has 4 rings (SSSR count). The summed E-state index contributed by atoms with van der Waals surface area (Å²) in [5.41, 5.74) is 4.68. The molecule has 1 saturated carbocycles. The number of hydrogen-bond acceptors (Lipinski definition) is 4. The fourth-order valence-corrected chi connectivity index (χ4v) is 5.13. The molecule has 2 aliphatic carbocycles. The van der Waals surface area contributed by atoms with E-state index in [0.717, 1.165) is 24.0 Å². The van der Waals surface area contributed by atoms with Gasteiger partial charge in [0, 0.05) is 24.9 Å². The molecule has 2 aliphatic rings. The molecule has 0 aliphatic heterocycles. The Bertz CT molecular complexity index is 1010. The van der Waals surface area contributed by atoms with Crippen molar-refractivity contribution in [3.05, 3.63) is 59.7 Å². The number of ether oxygens (including phenoxy) is 1. The monoisotopic (exact) mass is 464 g/mol. The van der Waals surface area contributed by atoms with Gasteiger partial charge in [-0.1, -0.05) is 61.9 Å². The van der Waals surface area contributed by atoms with E-state index < -0.39 is 12.1 Å². The van der Waals surface area contributed by atoms with Gasteiger partial charge in [0.1, 0.15) is 6.61 Å². The van der Waals surface area contributed by atoms with Crippen LogP contribution < -0.4 is 10.6 Å². The molecule has 1 fully saturated rings. The van der Waals surface area contributed by atoms with Crippen LogP contribution in [0.2, 0.25) is 0 Å². The highest BCUT2D eigenvalue weighted by molar-refractivity contribution is 5.79. The number of amides is 2. The lowest BCUT2D eigenvalue weighted by molar-refractivity contribution is -0.143. The summed E-state index contributed by atoms with van der Waals surface area (Å²) in [6.07, 6.45) is 2.53. The smallest absolute Gasteiger partial charge is 0.407 e. The first-order valence-electron chi connectivity index (χ1n) is 12.0. The Hall–Kier alpha value is -3.35. The van der Waals surface area contributed by atoms with Crippen molar-refractivity contribution in [1.82, 2.24) is 10.6 Å². The van der Waals surface area contributed by atoms with E-state index >= 15 is 0 Å². The van der Waals surface area contributed by atoms with E-state index in [1.807, 2.05) is 31.2 Å². The molecular weight excluding hydrogens is 432 g/mol. The van der Waals surface area contributed by atoms with Crippen molar-refractivity contribution in [3.8, 4) is 11.1 Å². The fourth-order valence-electron chi connectivity index (χ4n) is 5.13. The molecule has 180 valence electrons. The lowest BCUT2D eigenvalue weighted by Crippen LogP contribution is -2.41. The minimum atomic E-state index is -0.792. The summed E-state index contributed by atoms with van der Waals surface area (Å²) in [5, 5.41) is 14.9. The number of benzene rings is 2. The van der Waals surface area contributed by atoms with Crippen molar-refractivity contribution in [1.29, 1.82) is 0 Å². The van der Waals surface area contributed by atoms with Crippen molar-refractivity contribution in [2.45, 2.75) is 51.0 Å². The second kappa shape index (κ2) is 10.7. The van der Waals surface area contributed by atoms with Crippen LogP contribution in [0, 0.1) is 11.8 Å². The Kier molecular flexibility index (Phi) is 7.50. The summed E-state index contributed by atoms with van der Waals surface area (Å²) in [6, 6.07) is 16.3. The third kappa shape index (κ3) is 5.58. The van der Waals surface area contributed by atoms with E-state index in [2.05, 4.69) is 34.9 Å². The van der Waals surface area contributed by atoms with Crippen molar-refractivity contribution in [2.75, 3.05) is 13.2 Å². The van der Waals surface area contributed by atoms with Gasteiger partial charge in [-0.2, -0.15) is 0 Å². The van der Waals surface area contributed by atoms with Gasteiger partial charge < -0.3 is 20.5 Å². The molecule has 1 unspecified atom stereocenters. The third-order valence-corrected chi connectivity index (χ3v) is 6.86. The lowest BCUT2D eigenvalue weighted by atomic mass is 9.85. The molecule has 34 heavy (non-hydrogen) atoms. The van der Waals surface area contributed by atoms with Gasteiger partial charge in [-0.05, 0) is 47.4 Å². The average Bonchev–Trinajstić information content (AvgIpc) is 3.15. The van der Waals surface area contributed by atoms with Crippen molar-refractivity contribution in [2.24, 2.45) is 11.8 Å². The minimum Gasteiger partial charge on any atom is -0.481 e. The van der Waals surface area contributed by atoms with E-state index in [0.29, 0.717) is 19.4 Å². The number of carboxylic acids is 1. The molecule has 0 bridgehead atoms. The highest BCUT2D eigenvalue weighted by atomic mass is 16.5. The van der Waals surface area contributed by atoms with Crippen LogP contribution in [-0.4, -0.2) is 42.3 Å². The molecule has 0 saturated heterocycles. The number of aliphatic carboxylic acids is 1. The number of fused-ring (bicyclic) bond motifs is 3. The Labute approximate surface area is 199 Å². The summed E-state index contributed by atoms with van der Waals surface area (Å²) >= 11 is 0. The van der Waals surface area contributed by atoms with Crippen LogP contribution in [0.1, 0.15) is 56.1 Å². The number of carboxylic acid groups (broad SMARTS) is 1. The second-order valence-electron chi connectivity index (χ2n) is 9.48. The van der Waals surface area contributed by atoms with Crippen LogP contribution in [0.5, 0.6) is 0 Å². The second-order valence-corrected chi connectivity index (χ2v) is 9.48. The van der Waals surface area contributed by atoms with Gasteiger partial charge in [0.25, 0.3) is 0 Å². The van der Waals surface area contributed by atoms with Gasteiger partial charge in [-0.25, -0.2) is 4.79 Å². The van der Waals surface area contributed by atoms with Crippen LogP contribution in [0.4, 0.5) is 4.79 Å². The SMILES string of the molecule is CC(CNC(=O)OCC1c2ccccc2-c2ccccc21)CC(=O)N[C@@H]1CCC[C@H](C(=O)O)C1. The van der Waals surface area contributed by atoms with Crippen molar-refractivity contribution in [3.63, 3.8) is 0 Å². The topological polar surface area (TPSA) is 105 Å². The molecule has 0 aromatic heterocycles. The Morgan fingerprint density at radius 3 is 2.32 bits per heavy atom. The van der Waals surface area contributed by atoms with Crippen LogP contribution in [-0.2, 0) is 14.3 Å². The van der Waals surface area contributed by atoms with Gasteiger partial charge in [-0.3, -0.25) is 9.59 Å². The van der Waals surface area contributed by atoms with Crippen LogP contribution >= 0.6 is 0 Å². The van der Waals surface area contributed by atoms with Crippen LogP contribution in [0.15, 0.2) is 48.5 Å². The normalized spacial score (nSPS) is 20.0. The predicted molar refractivity (Wildman–Crippen MR) is 128 cm³/mol. The van der Waals surface area contributed by atoms with E-state index in [9.17, 15) is 19.5 Å². The molecule has 0 heterocycles. The predicted octanol–water partition coefficient (Wildman–Crippen LogP) is 4.31. The highest BCUT2D eigenvalue weighted by Crippen LogP contribution is 2.44. The molecule has 2 amide bonds. The number of nitrogens with one attached hydrogen (secondary N) is 2. The van der Waals surface area contributed by atoms with E-state index in [-0.39, 0.29) is 42.7 Å². The summed E-state index contributed by atoms with van der Waals surface area (Å²) in [6.45, 7) is 2.47. The molecule has 7 heteroatoms.